The average Bonchev–Trinajstić information content (AvgIpc) is 2.04. The molecule has 0 saturated carbocycles. The second-order valence-electron chi connectivity index (χ2n) is 2.09. The molecule has 0 amide bonds. The van der Waals surface area contributed by atoms with Gasteiger partial charge in [-0.05, 0) is 6.07 Å². The molecule has 0 aliphatic rings. The van der Waals surface area contributed by atoms with Gasteiger partial charge in [-0.3, -0.25) is 0 Å². The minimum atomic E-state index is -0.334. The summed E-state index contributed by atoms with van der Waals surface area (Å²) < 4.78 is 17.7. The zero-order chi connectivity index (χ0) is 8.27. The van der Waals surface area contributed by atoms with Gasteiger partial charge >= 0.3 is 0 Å². The molecule has 0 heterocycles. The third-order valence-electron chi connectivity index (χ3n) is 1.42. The number of para-hydroxylation sites is 1. The van der Waals surface area contributed by atoms with E-state index in [9.17, 15) is 4.39 Å². The normalized spacial score (nSPS) is 9.73. The first-order valence-corrected chi connectivity index (χ1v) is 3.85. The molecular weight excluding hydrogens is 163 g/mol. The van der Waals surface area contributed by atoms with Crippen molar-refractivity contribution in [1.82, 2.24) is 0 Å². The topological polar surface area (TPSA) is 9.23 Å². The number of ether oxygens (including phenoxy) is 1. The predicted octanol–water partition coefficient (Wildman–Crippen LogP) is 2.26. The van der Waals surface area contributed by atoms with E-state index in [2.05, 4.69) is 12.6 Å². The van der Waals surface area contributed by atoms with Crippen LogP contribution in [0, 0.1) is 5.82 Å². The van der Waals surface area contributed by atoms with Gasteiger partial charge in [0.05, 0.1) is 7.11 Å². The van der Waals surface area contributed by atoms with Crippen LogP contribution >= 0.6 is 12.6 Å². The summed E-state index contributed by atoms with van der Waals surface area (Å²) in [6.45, 7) is 0. The SMILES string of the molecule is COc1c(F)cccc1CS. The second kappa shape index (κ2) is 3.62. The minimum absolute atomic E-state index is 0.294. The van der Waals surface area contributed by atoms with Crippen LogP contribution in [0.5, 0.6) is 5.75 Å². The standard InChI is InChI=1S/C8H9FOS/c1-10-8-6(5-11)3-2-4-7(8)9/h2-4,11H,5H2,1H3. The quantitative estimate of drug-likeness (QED) is 0.673. The van der Waals surface area contributed by atoms with E-state index in [1.807, 2.05) is 0 Å². The highest BCUT2D eigenvalue weighted by atomic mass is 32.1. The van der Waals surface area contributed by atoms with Crippen LogP contribution < -0.4 is 4.74 Å². The van der Waals surface area contributed by atoms with Gasteiger partial charge in [-0.15, -0.1) is 0 Å². The predicted molar refractivity (Wildman–Crippen MR) is 45.6 cm³/mol. The highest BCUT2D eigenvalue weighted by Gasteiger charge is 2.05. The monoisotopic (exact) mass is 172 g/mol. The van der Waals surface area contributed by atoms with Crippen molar-refractivity contribution >= 4 is 12.6 Å². The van der Waals surface area contributed by atoms with Crippen molar-refractivity contribution in [3.8, 4) is 5.75 Å². The van der Waals surface area contributed by atoms with E-state index in [4.69, 9.17) is 4.74 Å². The molecule has 0 aromatic heterocycles. The van der Waals surface area contributed by atoms with Gasteiger partial charge in [-0.25, -0.2) is 4.39 Å². The Morgan fingerprint density at radius 1 is 1.55 bits per heavy atom. The van der Waals surface area contributed by atoms with E-state index in [1.54, 1.807) is 12.1 Å². The van der Waals surface area contributed by atoms with Crippen LogP contribution in [0.2, 0.25) is 0 Å². The van der Waals surface area contributed by atoms with Crippen LogP contribution in [0.1, 0.15) is 5.56 Å². The molecule has 0 atom stereocenters. The molecule has 0 aliphatic carbocycles. The number of hydrogen-bond donors (Lipinski definition) is 1. The second-order valence-corrected chi connectivity index (χ2v) is 2.41. The van der Waals surface area contributed by atoms with Gasteiger partial charge in [0.1, 0.15) is 0 Å². The number of rotatable bonds is 2. The molecule has 60 valence electrons. The van der Waals surface area contributed by atoms with Crippen molar-refractivity contribution in [2.75, 3.05) is 7.11 Å². The molecule has 0 saturated heterocycles. The maximum Gasteiger partial charge on any atom is 0.165 e. The van der Waals surface area contributed by atoms with Crippen LogP contribution in [0.4, 0.5) is 4.39 Å². The molecular formula is C8H9FOS. The van der Waals surface area contributed by atoms with Crippen molar-refractivity contribution < 1.29 is 9.13 Å². The Balaban J connectivity index is 3.13. The van der Waals surface area contributed by atoms with Gasteiger partial charge in [0.15, 0.2) is 11.6 Å². The van der Waals surface area contributed by atoms with Gasteiger partial charge in [-0.2, -0.15) is 12.6 Å². The van der Waals surface area contributed by atoms with E-state index in [1.165, 1.54) is 13.2 Å². The molecule has 1 nitrogen and oxygen atoms in total. The van der Waals surface area contributed by atoms with E-state index in [-0.39, 0.29) is 5.82 Å². The minimum Gasteiger partial charge on any atom is -0.493 e. The molecule has 0 aliphatic heterocycles. The molecule has 1 aromatic rings. The van der Waals surface area contributed by atoms with Crippen molar-refractivity contribution in [3.63, 3.8) is 0 Å². The van der Waals surface area contributed by atoms with Crippen molar-refractivity contribution in [1.29, 1.82) is 0 Å². The van der Waals surface area contributed by atoms with Crippen LogP contribution in [0.3, 0.4) is 0 Å². The third kappa shape index (κ3) is 1.66. The Kier molecular flexibility index (Phi) is 2.76. The zero-order valence-electron chi connectivity index (χ0n) is 6.17. The fourth-order valence-electron chi connectivity index (χ4n) is 0.907. The maximum atomic E-state index is 12.9. The summed E-state index contributed by atoms with van der Waals surface area (Å²) in [6.07, 6.45) is 0. The number of benzene rings is 1. The number of thiol groups is 1. The van der Waals surface area contributed by atoms with Gasteiger partial charge in [0.25, 0.3) is 0 Å². The fourth-order valence-corrected chi connectivity index (χ4v) is 1.16. The molecule has 1 rings (SSSR count). The van der Waals surface area contributed by atoms with Gasteiger partial charge < -0.3 is 4.74 Å². The van der Waals surface area contributed by atoms with E-state index < -0.39 is 0 Å². The zero-order valence-corrected chi connectivity index (χ0v) is 7.07. The van der Waals surface area contributed by atoms with Crippen LogP contribution in [-0.2, 0) is 5.75 Å². The largest absolute Gasteiger partial charge is 0.493 e. The summed E-state index contributed by atoms with van der Waals surface area (Å²) in [5, 5.41) is 0. The summed E-state index contributed by atoms with van der Waals surface area (Å²) in [5.41, 5.74) is 0.774. The number of halogens is 1. The molecule has 0 unspecified atom stereocenters. The Morgan fingerprint density at radius 2 is 2.27 bits per heavy atom. The Hall–Kier alpha value is -0.700. The fraction of sp³-hybridized carbons (Fsp3) is 0.250. The number of hydrogen-bond acceptors (Lipinski definition) is 2. The highest BCUT2D eigenvalue weighted by molar-refractivity contribution is 7.79. The van der Waals surface area contributed by atoms with Crippen molar-refractivity contribution in [2.45, 2.75) is 5.75 Å². The molecule has 11 heavy (non-hydrogen) atoms. The Bertz CT molecular complexity index is 250. The third-order valence-corrected chi connectivity index (χ3v) is 1.76. The van der Waals surface area contributed by atoms with Gasteiger partial charge in [-0.1, -0.05) is 12.1 Å². The molecule has 0 spiro atoms. The lowest BCUT2D eigenvalue weighted by atomic mass is 10.2. The van der Waals surface area contributed by atoms with E-state index in [0.717, 1.165) is 5.56 Å². The molecule has 0 bridgehead atoms. The first-order valence-electron chi connectivity index (χ1n) is 3.22. The molecule has 0 fully saturated rings. The van der Waals surface area contributed by atoms with Gasteiger partial charge in [0, 0.05) is 11.3 Å². The van der Waals surface area contributed by atoms with E-state index >= 15 is 0 Å². The summed E-state index contributed by atoms with van der Waals surface area (Å²) >= 11 is 4.03. The summed E-state index contributed by atoms with van der Waals surface area (Å²) in [4.78, 5) is 0. The molecule has 1 aromatic carbocycles. The Morgan fingerprint density at radius 3 is 2.73 bits per heavy atom. The lowest BCUT2D eigenvalue weighted by Gasteiger charge is -2.05. The first-order chi connectivity index (χ1) is 5.29. The maximum absolute atomic E-state index is 12.9. The van der Waals surface area contributed by atoms with Crippen LogP contribution in [0.25, 0.3) is 0 Å². The lowest BCUT2D eigenvalue weighted by molar-refractivity contribution is 0.383. The summed E-state index contributed by atoms with van der Waals surface area (Å²) in [6, 6.07) is 4.80. The molecule has 0 radical (unpaired) electrons. The highest BCUT2D eigenvalue weighted by Crippen LogP contribution is 2.22. The summed E-state index contributed by atoms with van der Waals surface area (Å²) in [5.74, 6) is 0.447. The lowest BCUT2D eigenvalue weighted by Crippen LogP contribution is -1.92. The van der Waals surface area contributed by atoms with Gasteiger partial charge in [0.2, 0.25) is 0 Å². The van der Waals surface area contributed by atoms with Crippen molar-refractivity contribution in [3.05, 3.63) is 29.6 Å². The molecule has 3 heteroatoms. The van der Waals surface area contributed by atoms with Crippen molar-refractivity contribution in [2.24, 2.45) is 0 Å². The van der Waals surface area contributed by atoms with E-state index in [0.29, 0.717) is 11.5 Å². The number of methoxy groups -OCH3 is 1. The smallest absolute Gasteiger partial charge is 0.165 e. The first kappa shape index (κ1) is 8.40. The molecule has 0 N–H and O–H groups in total. The Labute approximate surface area is 70.6 Å². The van der Waals surface area contributed by atoms with Crippen LogP contribution in [-0.4, -0.2) is 7.11 Å². The van der Waals surface area contributed by atoms with Crippen LogP contribution in [0.15, 0.2) is 18.2 Å². The average molecular weight is 172 g/mol. The summed E-state index contributed by atoms with van der Waals surface area (Å²) in [7, 11) is 1.45.